The summed E-state index contributed by atoms with van der Waals surface area (Å²) in [5.74, 6) is -0.839. The number of sulfonamides is 1. The molecule has 0 N–H and O–H groups in total. The number of aromatic nitrogens is 1. The molecule has 0 fully saturated rings. The van der Waals surface area contributed by atoms with Crippen molar-refractivity contribution < 1.29 is 22.7 Å². The van der Waals surface area contributed by atoms with Crippen LogP contribution in [0.25, 0.3) is 0 Å². The number of hydrogen-bond acceptors (Lipinski definition) is 5. The van der Waals surface area contributed by atoms with E-state index in [9.17, 15) is 18.0 Å². The number of carbonyl (C=O) groups excluding carboxylic acids is 2. The summed E-state index contributed by atoms with van der Waals surface area (Å²) >= 11 is 0. The third-order valence-corrected chi connectivity index (χ3v) is 6.50. The first-order valence-electron chi connectivity index (χ1n) is 9.61. The molecule has 156 valence electrons. The lowest BCUT2D eigenvalue weighted by atomic mass is 9.99. The Morgan fingerprint density at radius 2 is 1.90 bits per heavy atom. The molecule has 0 radical (unpaired) electrons. The molecule has 0 atom stereocenters. The third-order valence-electron chi connectivity index (χ3n) is 5.32. The largest absolute Gasteiger partial charge is 0.454 e. The summed E-state index contributed by atoms with van der Waals surface area (Å²) in [4.78, 5) is 25.0. The van der Waals surface area contributed by atoms with Gasteiger partial charge in [0.1, 0.15) is 0 Å². The Kier molecular flexibility index (Phi) is 5.84. The lowest BCUT2D eigenvalue weighted by Gasteiger charge is -2.29. The maximum absolute atomic E-state index is 12.5. The van der Waals surface area contributed by atoms with E-state index in [4.69, 9.17) is 4.74 Å². The second kappa shape index (κ2) is 8.02. The van der Waals surface area contributed by atoms with E-state index in [2.05, 4.69) is 0 Å². The van der Waals surface area contributed by atoms with E-state index in [0.29, 0.717) is 36.2 Å². The van der Waals surface area contributed by atoms with E-state index in [1.165, 1.54) is 10.6 Å². The molecule has 29 heavy (non-hydrogen) atoms. The number of carbonyl (C=O) groups is 2. The van der Waals surface area contributed by atoms with Gasteiger partial charge in [-0.15, -0.1) is 0 Å². The molecule has 7 nitrogen and oxygen atoms in total. The SMILES string of the molecule is CCn1c(C)cc(C(=O)OCC(=O)c2ccc3c(c2)CCCN3S(C)(=O)=O)c1C. The van der Waals surface area contributed by atoms with Crippen LogP contribution in [-0.4, -0.2) is 44.1 Å². The molecule has 3 rings (SSSR count). The topological polar surface area (TPSA) is 85.7 Å². The zero-order valence-electron chi connectivity index (χ0n) is 17.2. The molecule has 0 aliphatic carbocycles. The van der Waals surface area contributed by atoms with Crippen LogP contribution in [0.2, 0.25) is 0 Å². The van der Waals surface area contributed by atoms with Gasteiger partial charge in [-0.2, -0.15) is 0 Å². The van der Waals surface area contributed by atoms with Gasteiger partial charge in [0.25, 0.3) is 0 Å². The Bertz CT molecular complexity index is 1070. The van der Waals surface area contributed by atoms with Crippen molar-refractivity contribution in [3.05, 3.63) is 52.3 Å². The van der Waals surface area contributed by atoms with Crippen LogP contribution in [0.15, 0.2) is 24.3 Å². The van der Waals surface area contributed by atoms with Crippen molar-refractivity contribution in [3.63, 3.8) is 0 Å². The van der Waals surface area contributed by atoms with E-state index in [1.54, 1.807) is 24.3 Å². The maximum Gasteiger partial charge on any atom is 0.340 e. The second-order valence-electron chi connectivity index (χ2n) is 7.31. The van der Waals surface area contributed by atoms with Gasteiger partial charge in [0, 0.05) is 30.0 Å². The predicted octanol–water partition coefficient (Wildman–Crippen LogP) is 2.88. The smallest absolute Gasteiger partial charge is 0.340 e. The number of benzene rings is 1. The number of rotatable bonds is 6. The predicted molar refractivity (Wildman–Crippen MR) is 111 cm³/mol. The number of ether oxygens (including phenoxy) is 1. The summed E-state index contributed by atoms with van der Waals surface area (Å²) in [6.07, 6.45) is 2.57. The zero-order valence-corrected chi connectivity index (χ0v) is 18.0. The van der Waals surface area contributed by atoms with E-state index in [1.807, 2.05) is 25.3 Å². The van der Waals surface area contributed by atoms with Gasteiger partial charge in [0.05, 0.1) is 17.5 Å². The highest BCUT2D eigenvalue weighted by Crippen LogP contribution is 2.30. The van der Waals surface area contributed by atoms with Gasteiger partial charge in [-0.3, -0.25) is 9.10 Å². The van der Waals surface area contributed by atoms with Gasteiger partial charge >= 0.3 is 5.97 Å². The fraction of sp³-hybridized carbons (Fsp3) is 0.429. The molecule has 2 heterocycles. The van der Waals surface area contributed by atoms with E-state index in [0.717, 1.165) is 23.5 Å². The first-order valence-corrected chi connectivity index (χ1v) is 11.5. The molecular weight excluding hydrogens is 392 g/mol. The highest BCUT2D eigenvalue weighted by atomic mass is 32.2. The highest BCUT2D eigenvalue weighted by Gasteiger charge is 2.25. The van der Waals surface area contributed by atoms with E-state index >= 15 is 0 Å². The second-order valence-corrected chi connectivity index (χ2v) is 9.22. The Hall–Kier alpha value is -2.61. The van der Waals surface area contributed by atoms with Gasteiger partial charge in [-0.1, -0.05) is 0 Å². The van der Waals surface area contributed by atoms with Gasteiger partial charge in [-0.25, -0.2) is 13.2 Å². The number of esters is 1. The first-order chi connectivity index (χ1) is 13.6. The minimum absolute atomic E-state index is 0.318. The van der Waals surface area contributed by atoms with Crippen LogP contribution in [0, 0.1) is 13.8 Å². The van der Waals surface area contributed by atoms with Crippen LogP contribution in [0.4, 0.5) is 5.69 Å². The lowest BCUT2D eigenvalue weighted by Crippen LogP contribution is -2.34. The molecule has 0 saturated heterocycles. The average Bonchev–Trinajstić information content (AvgIpc) is 2.97. The number of anilines is 1. The number of nitrogens with zero attached hydrogens (tertiary/aromatic N) is 2. The summed E-state index contributed by atoms with van der Waals surface area (Å²) in [5, 5.41) is 0. The number of hydrogen-bond donors (Lipinski definition) is 0. The van der Waals surface area contributed by atoms with Gasteiger partial charge < -0.3 is 9.30 Å². The number of Topliss-reactive ketones (excluding diaryl/α,β-unsaturated/α-hetero) is 1. The molecule has 0 spiro atoms. The van der Waals surface area contributed by atoms with Gasteiger partial charge in [-0.05, 0) is 63.4 Å². The molecule has 0 amide bonds. The van der Waals surface area contributed by atoms with Crippen molar-refractivity contribution in [1.82, 2.24) is 4.57 Å². The van der Waals surface area contributed by atoms with Crippen LogP contribution in [0.5, 0.6) is 0 Å². The molecule has 0 bridgehead atoms. The molecule has 8 heteroatoms. The third kappa shape index (κ3) is 4.22. The summed E-state index contributed by atoms with van der Waals surface area (Å²) in [6, 6.07) is 6.71. The van der Waals surface area contributed by atoms with Crippen LogP contribution in [0.1, 0.15) is 51.0 Å². The molecule has 0 unspecified atom stereocenters. The van der Waals surface area contributed by atoms with Crippen LogP contribution < -0.4 is 4.31 Å². The van der Waals surface area contributed by atoms with Crippen LogP contribution in [0.3, 0.4) is 0 Å². The van der Waals surface area contributed by atoms with Crippen LogP contribution in [-0.2, 0) is 27.7 Å². The van der Waals surface area contributed by atoms with E-state index < -0.39 is 16.0 Å². The van der Waals surface area contributed by atoms with Crippen molar-refractivity contribution in [3.8, 4) is 0 Å². The molecule has 1 aliphatic rings. The quantitative estimate of drug-likeness (QED) is 0.532. The van der Waals surface area contributed by atoms with Gasteiger partial charge in [0.15, 0.2) is 12.4 Å². The van der Waals surface area contributed by atoms with Crippen molar-refractivity contribution in [1.29, 1.82) is 0 Å². The van der Waals surface area contributed by atoms with Crippen LogP contribution >= 0.6 is 0 Å². The zero-order chi connectivity index (χ0) is 21.3. The Balaban J connectivity index is 1.73. The van der Waals surface area contributed by atoms with E-state index in [-0.39, 0.29) is 12.4 Å². The molecule has 1 aromatic carbocycles. The maximum atomic E-state index is 12.5. The van der Waals surface area contributed by atoms with Gasteiger partial charge in [0.2, 0.25) is 10.0 Å². The summed E-state index contributed by atoms with van der Waals surface area (Å²) in [5.41, 5.74) is 4.08. The van der Waals surface area contributed by atoms with Crippen molar-refractivity contribution in [2.24, 2.45) is 0 Å². The number of aryl methyl sites for hydroxylation is 2. The summed E-state index contributed by atoms with van der Waals surface area (Å²) in [6.45, 7) is 6.61. The Labute approximate surface area is 171 Å². The summed E-state index contributed by atoms with van der Waals surface area (Å²) < 4.78 is 32.5. The highest BCUT2D eigenvalue weighted by molar-refractivity contribution is 7.92. The monoisotopic (exact) mass is 418 g/mol. The minimum Gasteiger partial charge on any atom is -0.454 e. The lowest BCUT2D eigenvalue weighted by molar-refractivity contribution is 0.0474. The first kappa shape index (κ1) is 21.1. The Morgan fingerprint density at radius 1 is 1.17 bits per heavy atom. The minimum atomic E-state index is -3.36. The molecule has 2 aromatic rings. The average molecular weight is 419 g/mol. The summed E-state index contributed by atoms with van der Waals surface area (Å²) in [7, 11) is -3.36. The van der Waals surface area contributed by atoms with Crippen molar-refractivity contribution in [2.75, 3.05) is 23.7 Å². The Morgan fingerprint density at radius 3 is 2.52 bits per heavy atom. The number of fused-ring (bicyclic) bond motifs is 1. The molecule has 1 aliphatic heterocycles. The standard InChI is InChI=1S/C21H26N2O5S/c1-5-22-14(2)11-18(15(22)3)21(25)28-13-20(24)17-8-9-19-16(12-17)7-6-10-23(19)29(4,26)27/h8-9,11-12H,5-7,10,13H2,1-4H3. The normalized spacial score (nSPS) is 13.9. The molecule has 0 saturated carbocycles. The molecular formula is C21H26N2O5S. The fourth-order valence-corrected chi connectivity index (χ4v) is 4.86. The fourth-order valence-electron chi connectivity index (χ4n) is 3.87. The number of ketones is 1. The van der Waals surface area contributed by atoms with Crippen molar-refractivity contribution in [2.45, 2.75) is 40.2 Å². The van der Waals surface area contributed by atoms with Crippen molar-refractivity contribution >= 4 is 27.5 Å². The molecule has 1 aromatic heterocycles.